The molecule has 2 nitrogen and oxygen atoms in total. The Hall–Kier alpha value is -2.71. The zero-order valence-corrected chi connectivity index (χ0v) is 13.8. The highest BCUT2D eigenvalue weighted by Gasteiger charge is 2.18. The summed E-state index contributed by atoms with van der Waals surface area (Å²) in [6, 6.07) is 22.6. The molecular formula is C21H14ClNO. The van der Waals surface area contributed by atoms with Crippen molar-refractivity contribution in [2.24, 2.45) is 0 Å². The van der Waals surface area contributed by atoms with E-state index < -0.39 is 0 Å². The quantitative estimate of drug-likeness (QED) is 0.343. The molecule has 3 aromatic carbocycles. The third-order valence-electron chi connectivity index (χ3n) is 4.48. The molecule has 0 atom stereocenters. The molecular weight excluding hydrogens is 318 g/mol. The Labute approximate surface area is 143 Å². The first-order chi connectivity index (χ1) is 11.7. The zero-order chi connectivity index (χ0) is 16.3. The molecule has 0 saturated heterocycles. The lowest BCUT2D eigenvalue weighted by Crippen LogP contribution is -1.93. The molecule has 0 aliphatic rings. The average molecular weight is 332 g/mol. The Morgan fingerprint density at radius 1 is 0.875 bits per heavy atom. The molecule has 0 fully saturated rings. The van der Waals surface area contributed by atoms with Crippen molar-refractivity contribution in [2.45, 2.75) is 6.92 Å². The van der Waals surface area contributed by atoms with Gasteiger partial charge in [0.05, 0.1) is 16.6 Å². The van der Waals surface area contributed by atoms with Crippen LogP contribution in [0.3, 0.4) is 0 Å². The number of aromatic nitrogens is 1. The molecule has 2 aromatic heterocycles. The molecule has 0 aliphatic carbocycles. The standard InChI is InChI=1S/C21H14ClNO/c1-13-10-14(22)12-15(11-13)23-18-8-4-2-6-16(18)20-17-7-3-5-9-19(17)24-21(20)23/h2-12H,1H3. The van der Waals surface area contributed by atoms with Crippen LogP contribution in [0.1, 0.15) is 5.56 Å². The fourth-order valence-electron chi connectivity index (χ4n) is 3.54. The molecule has 5 rings (SSSR count). The van der Waals surface area contributed by atoms with E-state index in [2.05, 4.69) is 47.9 Å². The smallest absolute Gasteiger partial charge is 0.213 e. The molecule has 5 aromatic rings. The van der Waals surface area contributed by atoms with Gasteiger partial charge >= 0.3 is 0 Å². The molecule has 0 amide bonds. The molecule has 24 heavy (non-hydrogen) atoms. The van der Waals surface area contributed by atoms with Crippen molar-refractivity contribution in [1.82, 2.24) is 4.57 Å². The van der Waals surface area contributed by atoms with E-state index in [1.165, 1.54) is 5.39 Å². The van der Waals surface area contributed by atoms with E-state index in [0.717, 1.165) is 43.9 Å². The van der Waals surface area contributed by atoms with Crippen molar-refractivity contribution in [3.8, 4) is 5.69 Å². The van der Waals surface area contributed by atoms with Crippen molar-refractivity contribution in [3.63, 3.8) is 0 Å². The van der Waals surface area contributed by atoms with Gasteiger partial charge in [-0.25, -0.2) is 0 Å². The van der Waals surface area contributed by atoms with Crippen molar-refractivity contribution in [3.05, 3.63) is 77.3 Å². The number of para-hydroxylation sites is 2. The lowest BCUT2D eigenvalue weighted by atomic mass is 10.1. The Kier molecular flexibility index (Phi) is 2.79. The van der Waals surface area contributed by atoms with E-state index in [4.69, 9.17) is 16.0 Å². The van der Waals surface area contributed by atoms with Crippen LogP contribution in [0, 0.1) is 6.92 Å². The number of hydrogen-bond acceptors (Lipinski definition) is 1. The SMILES string of the molecule is Cc1cc(Cl)cc(-n2c3ccccc3c3c4ccccc4oc32)c1. The average Bonchev–Trinajstić information content (AvgIpc) is 3.08. The molecule has 0 N–H and O–H groups in total. The summed E-state index contributed by atoms with van der Waals surface area (Å²) in [6.45, 7) is 2.05. The highest BCUT2D eigenvalue weighted by molar-refractivity contribution is 6.31. The first-order valence-electron chi connectivity index (χ1n) is 7.90. The van der Waals surface area contributed by atoms with E-state index in [0.29, 0.717) is 0 Å². The van der Waals surface area contributed by atoms with E-state index >= 15 is 0 Å². The summed E-state index contributed by atoms with van der Waals surface area (Å²) >= 11 is 6.30. The van der Waals surface area contributed by atoms with Gasteiger partial charge in [-0.2, -0.15) is 0 Å². The van der Waals surface area contributed by atoms with Gasteiger partial charge in [-0.05, 0) is 42.8 Å². The minimum atomic E-state index is 0.729. The number of furan rings is 1. The Morgan fingerprint density at radius 2 is 1.62 bits per heavy atom. The maximum absolute atomic E-state index is 6.30. The lowest BCUT2D eigenvalue weighted by Gasteiger charge is -2.08. The Bertz CT molecular complexity index is 1210. The van der Waals surface area contributed by atoms with Crippen molar-refractivity contribution in [1.29, 1.82) is 0 Å². The minimum Gasteiger partial charge on any atom is -0.439 e. The largest absolute Gasteiger partial charge is 0.439 e. The third kappa shape index (κ3) is 1.84. The van der Waals surface area contributed by atoms with Crippen molar-refractivity contribution < 1.29 is 4.42 Å². The molecule has 0 saturated carbocycles. The van der Waals surface area contributed by atoms with Crippen LogP contribution in [0.2, 0.25) is 5.02 Å². The van der Waals surface area contributed by atoms with E-state index in [1.807, 2.05) is 30.3 Å². The number of aryl methyl sites for hydroxylation is 1. The van der Waals surface area contributed by atoms with Crippen LogP contribution in [0.15, 0.2) is 71.1 Å². The molecule has 0 spiro atoms. The lowest BCUT2D eigenvalue weighted by molar-refractivity contribution is 0.645. The second-order valence-corrected chi connectivity index (χ2v) is 6.55. The van der Waals surface area contributed by atoms with Crippen LogP contribution >= 0.6 is 11.6 Å². The number of hydrogen-bond donors (Lipinski definition) is 0. The molecule has 116 valence electrons. The first kappa shape index (κ1) is 13.7. The first-order valence-corrected chi connectivity index (χ1v) is 8.28. The van der Waals surface area contributed by atoms with E-state index in [9.17, 15) is 0 Å². The maximum Gasteiger partial charge on any atom is 0.213 e. The Balaban J connectivity index is 2.03. The molecule has 0 radical (unpaired) electrons. The maximum atomic E-state index is 6.30. The number of nitrogens with zero attached hydrogens (tertiary/aromatic N) is 1. The summed E-state index contributed by atoms with van der Waals surface area (Å²) in [5, 5.41) is 4.21. The van der Waals surface area contributed by atoms with Crippen LogP contribution in [0.25, 0.3) is 38.7 Å². The summed E-state index contributed by atoms with van der Waals surface area (Å²) in [5.74, 6) is 0. The monoisotopic (exact) mass is 331 g/mol. The topological polar surface area (TPSA) is 18.1 Å². The van der Waals surface area contributed by atoms with Gasteiger partial charge in [-0.15, -0.1) is 0 Å². The third-order valence-corrected chi connectivity index (χ3v) is 4.70. The van der Waals surface area contributed by atoms with Crippen LogP contribution in [-0.2, 0) is 0 Å². The fraction of sp³-hybridized carbons (Fsp3) is 0.0476. The number of fused-ring (bicyclic) bond motifs is 5. The van der Waals surface area contributed by atoms with Gasteiger partial charge in [0.1, 0.15) is 5.58 Å². The van der Waals surface area contributed by atoms with Gasteiger partial charge in [0.25, 0.3) is 0 Å². The van der Waals surface area contributed by atoms with Gasteiger partial charge in [0.15, 0.2) is 0 Å². The summed E-state index contributed by atoms with van der Waals surface area (Å²) < 4.78 is 8.38. The summed E-state index contributed by atoms with van der Waals surface area (Å²) in [5.41, 5.74) is 5.03. The summed E-state index contributed by atoms with van der Waals surface area (Å²) in [6.07, 6.45) is 0. The van der Waals surface area contributed by atoms with Crippen LogP contribution in [0.5, 0.6) is 0 Å². The molecule has 3 heteroatoms. The minimum absolute atomic E-state index is 0.729. The summed E-state index contributed by atoms with van der Waals surface area (Å²) in [7, 11) is 0. The predicted octanol–water partition coefficient (Wildman–Crippen LogP) is 6.49. The molecule has 0 bridgehead atoms. The highest BCUT2D eigenvalue weighted by Crippen LogP contribution is 2.39. The van der Waals surface area contributed by atoms with Crippen molar-refractivity contribution >= 4 is 44.6 Å². The van der Waals surface area contributed by atoms with Gasteiger partial charge in [-0.3, -0.25) is 4.57 Å². The number of halogens is 1. The van der Waals surface area contributed by atoms with Gasteiger partial charge in [0, 0.05) is 15.8 Å². The second kappa shape index (κ2) is 4.89. The van der Waals surface area contributed by atoms with Crippen LogP contribution in [0.4, 0.5) is 0 Å². The second-order valence-electron chi connectivity index (χ2n) is 6.12. The number of benzene rings is 3. The molecule has 0 unspecified atom stereocenters. The summed E-state index contributed by atoms with van der Waals surface area (Å²) in [4.78, 5) is 0. The van der Waals surface area contributed by atoms with Gasteiger partial charge < -0.3 is 4.42 Å². The van der Waals surface area contributed by atoms with Crippen molar-refractivity contribution in [2.75, 3.05) is 0 Å². The van der Waals surface area contributed by atoms with Crippen LogP contribution < -0.4 is 0 Å². The Morgan fingerprint density at radius 3 is 2.46 bits per heavy atom. The zero-order valence-electron chi connectivity index (χ0n) is 13.1. The van der Waals surface area contributed by atoms with Gasteiger partial charge in [0.2, 0.25) is 5.71 Å². The number of rotatable bonds is 1. The predicted molar refractivity (Wildman–Crippen MR) is 100 cm³/mol. The fourth-order valence-corrected chi connectivity index (χ4v) is 3.83. The van der Waals surface area contributed by atoms with Crippen LogP contribution in [-0.4, -0.2) is 4.57 Å². The molecule has 2 heterocycles. The highest BCUT2D eigenvalue weighted by atomic mass is 35.5. The van der Waals surface area contributed by atoms with E-state index in [1.54, 1.807) is 0 Å². The molecule has 0 aliphatic heterocycles. The van der Waals surface area contributed by atoms with Gasteiger partial charge in [-0.1, -0.05) is 48.0 Å². The normalized spacial score (nSPS) is 11.8. The van der Waals surface area contributed by atoms with E-state index in [-0.39, 0.29) is 0 Å².